The zero-order chi connectivity index (χ0) is 10.1. The van der Waals surface area contributed by atoms with Crippen molar-refractivity contribution in [2.45, 2.75) is 0 Å². The summed E-state index contributed by atoms with van der Waals surface area (Å²) in [7, 11) is 1.36. The summed E-state index contributed by atoms with van der Waals surface area (Å²) in [5.74, 6) is -0.343. The number of methoxy groups -OCH3 is 1. The molecule has 3 nitrogen and oxygen atoms in total. The van der Waals surface area contributed by atoms with Gasteiger partial charge >= 0.3 is 5.97 Å². The highest BCUT2D eigenvalue weighted by atomic mass is 35.5. The third kappa shape index (κ3) is 1.46. The molecule has 2 rings (SSSR count). The maximum Gasteiger partial charge on any atom is 0.339 e. The first-order valence-corrected chi connectivity index (χ1v) is 4.44. The number of ether oxygens (including phenoxy) is 1. The lowest BCUT2D eigenvalue weighted by Crippen LogP contribution is -1.98. The molecule has 0 aliphatic heterocycles. The monoisotopic (exact) mass is 209 g/mol. The Morgan fingerprint density at radius 3 is 2.93 bits per heavy atom. The van der Waals surface area contributed by atoms with E-state index in [-0.39, 0.29) is 5.97 Å². The Balaban J connectivity index is 2.56. The highest BCUT2D eigenvalue weighted by Crippen LogP contribution is 2.15. The van der Waals surface area contributed by atoms with Crippen LogP contribution in [0.5, 0.6) is 0 Å². The van der Waals surface area contributed by atoms with Gasteiger partial charge < -0.3 is 9.14 Å². The van der Waals surface area contributed by atoms with Crippen molar-refractivity contribution >= 4 is 23.1 Å². The number of hydrogen-bond donors (Lipinski definition) is 0. The number of esters is 1. The van der Waals surface area contributed by atoms with E-state index in [2.05, 4.69) is 4.74 Å². The summed E-state index contributed by atoms with van der Waals surface area (Å²) in [6, 6.07) is 5.37. The Hall–Kier alpha value is -1.48. The van der Waals surface area contributed by atoms with Crippen molar-refractivity contribution in [1.82, 2.24) is 4.40 Å². The van der Waals surface area contributed by atoms with Crippen molar-refractivity contribution in [2.75, 3.05) is 7.11 Å². The second kappa shape index (κ2) is 3.35. The van der Waals surface area contributed by atoms with Crippen LogP contribution < -0.4 is 0 Å². The zero-order valence-electron chi connectivity index (χ0n) is 7.53. The molecule has 4 heteroatoms. The third-order valence-electron chi connectivity index (χ3n) is 1.98. The van der Waals surface area contributed by atoms with Crippen LogP contribution in [0.25, 0.3) is 5.52 Å². The van der Waals surface area contributed by atoms with Gasteiger partial charge in [0.25, 0.3) is 0 Å². The van der Waals surface area contributed by atoms with Gasteiger partial charge in [-0.3, -0.25) is 0 Å². The number of rotatable bonds is 1. The smallest absolute Gasteiger partial charge is 0.339 e. The van der Waals surface area contributed by atoms with Gasteiger partial charge in [0, 0.05) is 17.9 Å². The van der Waals surface area contributed by atoms with Crippen LogP contribution in [-0.4, -0.2) is 17.5 Å². The van der Waals surface area contributed by atoms with E-state index >= 15 is 0 Å². The average molecular weight is 210 g/mol. The molecule has 0 N–H and O–H groups in total. The molecule has 0 fully saturated rings. The SMILES string of the molecule is COC(=O)c1cc2ccc(Cl)cn2c1. The normalized spacial score (nSPS) is 10.4. The summed E-state index contributed by atoms with van der Waals surface area (Å²) < 4.78 is 6.40. The summed E-state index contributed by atoms with van der Waals surface area (Å²) in [6.07, 6.45) is 3.43. The predicted octanol–water partition coefficient (Wildman–Crippen LogP) is 2.38. The number of carbonyl (C=O) groups is 1. The summed E-state index contributed by atoms with van der Waals surface area (Å²) in [4.78, 5) is 11.2. The molecule has 14 heavy (non-hydrogen) atoms. The standard InChI is InChI=1S/C10H8ClNO2/c1-14-10(13)7-4-9-3-2-8(11)6-12(9)5-7/h2-6H,1H3. The molecule has 0 amide bonds. The van der Waals surface area contributed by atoms with Crippen LogP contribution >= 0.6 is 11.6 Å². The Morgan fingerprint density at radius 1 is 1.43 bits per heavy atom. The first-order valence-electron chi connectivity index (χ1n) is 4.06. The molecule has 0 radical (unpaired) electrons. The van der Waals surface area contributed by atoms with Gasteiger partial charge in [0.05, 0.1) is 17.7 Å². The molecule has 0 aromatic carbocycles. The van der Waals surface area contributed by atoms with Crippen molar-refractivity contribution in [3.05, 3.63) is 41.2 Å². The van der Waals surface area contributed by atoms with Gasteiger partial charge in [-0.1, -0.05) is 11.6 Å². The van der Waals surface area contributed by atoms with Crippen molar-refractivity contribution < 1.29 is 9.53 Å². The molecule has 0 aliphatic rings. The molecule has 0 saturated carbocycles. The number of pyridine rings is 1. The maximum absolute atomic E-state index is 11.2. The molecule has 72 valence electrons. The van der Waals surface area contributed by atoms with E-state index in [9.17, 15) is 4.79 Å². The fourth-order valence-corrected chi connectivity index (χ4v) is 1.48. The first-order chi connectivity index (χ1) is 6.70. The largest absolute Gasteiger partial charge is 0.465 e. The Morgan fingerprint density at radius 2 is 2.21 bits per heavy atom. The van der Waals surface area contributed by atoms with Crippen LogP contribution in [0.4, 0.5) is 0 Å². The van der Waals surface area contributed by atoms with Crippen LogP contribution in [0.2, 0.25) is 5.02 Å². The van der Waals surface area contributed by atoms with Gasteiger partial charge in [0.1, 0.15) is 0 Å². The molecular formula is C10H8ClNO2. The van der Waals surface area contributed by atoms with Gasteiger partial charge in [-0.2, -0.15) is 0 Å². The third-order valence-corrected chi connectivity index (χ3v) is 2.20. The molecule has 0 atom stereocenters. The Kier molecular flexibility index (Phi) is 2.17. The van der Waals surface area contributed by atoms with Crippen molar-refractivity contribution in [1.29, 1.82) is 0 Å². The van der Waals surface area contributed by atoms with E-state index in [0.717, 1.165) is 5.52 Å². The van der Waals surface area contributed by atoms with E-state index in [0.29, 0.717) is 10.6 Å². The lowest BCUT2D eigenvalue weighted by Gasteiger charge is -1.93. The number of aromatic nitrogens is 1. The van der Waals surface area contributed by atoms with Crippen LogP contribution in [-0.2, 0) is 4.74 Å². The minimum absolute atomic E-state index is 0.343. The van der Waals surface area contributed by atoms with Gasteiger partial charge in [-0.15, -0.1) is 0 Å². The number of halogens is 1. The molecule has 0 unspecified atom stereocenters. The van der Waals surface area contributed by atoms with E-state index < -0.39 is 0 Å². The van der Waals surface area contributed by atoms with Crippen LogP contribution in [0.3, 0.4) is 0 Å². The van der Waals surface area contributed by atoms with Crippen LogP contribution in [0, 0.1) is 0 Å². The quantitative estimate of drug-likeness (QED) is 0.676. The molecule has 2 aromatic heterocycles. The minimum Gasteiger partial charge on any atom is -0.465 e. The van der Waals surface area contributed by atoms with Crippen molar-refractivity contribution in [3.63, 3.8) is 0 Å². The number of carbonyl (C=O) groups excluding carboxylic acids is 1. The molecule has 0 spiro atoms. The predicted molar refractivity (Wildman–Crippen MR) is 53.7 cm³/mol. The lowest BCUT2D eigenvalue weighted by molar-refractivity contribution is 0.0601. The van der Waals surface area contributed by atoms with Crippen LogP contribution in [0.1, 0.15) is 10.4 Å². The number of hydrogen-bond acceptors (Lipinski definition) is 2. The summed E-state index contributed by atoms with van der Waals surface area (Å²) in [5.41, 5.74) is 1.43. The molecule has 0 bridgehead atoms. The summed E-state index contributed by atoms with van der Waals surface area (Å²) in [6.45, 7) is 0. The fourth-order valence-electron chi connectivity index (χ4n) is 1.31. The van der Waals surface area contributed by atoms with Crippen molar-refractivity contribution in [2.24, 2.45) is 0 Å². The summed E-state index contributed by atoms with van der Waals surface area (Å²) >= 11 is 5.80. The number of fused-ring (bicyclic) bond motifs is 1. The van der Waals surface area contributed by atoms with Crippen molar-refractivity contribution in [3.8, 4) is 0 Å². The fraction of sp³-hybridized carbons (Fsp3) is 0.100. The lowest BCUT2D eigenvalue weighted by atomic mass is 10.3. The topological polar surface area (TPSA) is 30.7 Å². The second-order valence-corrected chi connectivity index (χ2v) is 3.34. The van der Waals surface area contributed by atoms with Gasteiger partial charge in [-0.25, -0.2) is 4.79 Å². The summed E-state index contributed by atoms with van der Waals surface area (Å²) in [5, 5.41) is 0.629. The van der Waals surface area contributed by atoms with Gasteiger partial charge in [0.2, 0.25) is 0 Å². The zero-order valence-corrected chi connectivity index (χ0v) is 8.28. The molecular weight excluding hydrogens is 202 g/mol. The Labute approximate surface area is 85.9 Å². The molecule has 2 aromatic rings. The average Bonchev–Trinajstić information content (AvgIpc) is 2.59. The first kappa shape index (κ1) is 9.09. The highest BCUT2D eigenvalue weighted by molar-refractivity contribution is 6.30. The number of nitrogens with zero attached hydrogens (tertiary/aromatic N) is 1. The van der Waals surface area contributed by atoms with Gasteiger partial charge in [0.15, 0.2) is 0 Å². The minimum atomic E-state index is -0.343. The van der Waals surface area contributed by atoms with E-state index in [1.165, 1.54) is 7.11 Å². The van der Waals surface area contributed by atoms with E-state index in [1.807, 2.05) is 6.07 Å². The molecule has 0 aliphatic carbocycles. The second-order valence-electron chi connectivity index (χ2n) is 2.90. The maximum atomic E-state index is 11.2. The Bertz CT molecular complexity index is 490. The molecule has 0 saturated heterocycles. The highest BCUT2D eigenvalue weighted by Gasteiger charge is 2.07. The van der Waals surface area contributed by atoms with Gasteiger partial charge in [-0.05, 0) is 18.2 Å². The van der Waals surface area contributed by atoms with Crippen LogP contribution in [0.15, 0.2) is 30.6 Å². The van der Waals surface area contributed by atoms with E-state index in [4.69, 9.17) is 11.6 Å². The van der Waals surface area contributed by atoms with E-state index in [1.54, 1.807) is 28.9 Å². The molecule has 2 heterocycles.